The summed E-state index contributed by atoms with van der Waals surface area (Å²) >= 11 is 0. The normalized spacial score (nSPS) is 25.6. The number of carbonyl (C=O) groups is 1. The highest BCUT2D eigenvalue weighted by Gasteiger charge is 2.39. The van der Waals surface area contributed by atoms with Crippen LogP contribution in [0.5, 0.6) is 0 Å². The van der Waals surface area contributed by atoms with Crippen LogP contribution in [0.4, 0.5) is 13.6 Å². The van der Waals surface area contributed by atoms with Crippen molar-refractivity contribution in [1.82, 2.24) is 5.32 Å². The summed E-state index contributed by atoms with van der Waals surface area (Å²) < 4.78 is 29.6. The molecular formula is C8H13F2NO2. The summed E-state index contributed by atoms with van der Waals surface area (Å²) in [5.74, 6) is -2.66. The number of hydrogen-bond donors (Lipinski definition) is 1. The van der Waals surface area contributed by atoms with Crippen LogP contribution in [-0.2, 0) is 4.74 Å². The Kier molecular flexibility index (Phi) is 3.06. The molecule has 1 unspecified atom stereocenters. The van der Waals surface area contributed by atoms with Crippen molar-refractivity contribution in [3.05, 3.63) is 0 Å². The lowest BCUT2D eigenvalue weighted by atomic mass is 10.1. The second-order valence-electron chi connectivity index (χ2n) is 3.34. The molecule has 13 heavy (non-hydrogen) atoms. The van der Waals surface area contributed by atoms with Gasteiger partial charge in [0.15, 0.2) is 0 Å². The molecule has 0 aromatic heterocycles. The summed E-state index contributed by atoms with van der Waals surface area (Å²) in [4.78, 5) is 10.6. The fourth-order valence-electron chi connectivity index (χ4n) is 1.52. The first-order valence-corrected chi connectivity index (χ1v) is 4.23. The number of hydrogen-bond acceptors (Lipinski definition) is 2. The van der Waals surface area contributed by atoms with Gasteiger partial charge in [-0.25, -0.2) is 13.6 Å². The maximum atomic E-state index is 12.7. The zero-order valence-corrected chi connectivity index (χ0v) is 7.48. The summed E-state index contributed by atoms with van der Waals surface area (Å²) in [6.45, 7) is 0.280. The van der Waals surface area contributed by atoms with Gasteiger partial charge >= 0.3 is 6.09 Å². The van der Waals surface area contributed by atoms with E-state index in [1.54, 1.807) is 0 Å². The summed E-state index contributed by atoms with van der Waals surface area (Å²) in [6, 6.07) is 0. The minimum absolute atomic E-state index is 0.0689. The first kappa shape index (κ1) is 10.2. The van der Waals surface area contributed by atoms with Crippen LogP contribution in [0.1, 0.15) is 19.3 Å². The van der Waals surface area contributed by atoms with E-state index in [4.69, 9.17) is 0 Å². The Morgan fingerprint density at radius 2 is 2.38 bits per heavy atom. The SMILES string of the molecule is COC(=O)NCC1CCC(F)(F)C1. The van der Waals surface area contributed by atoms with Crippen molar-refractivity contribution in [3.8, 4) is 0 Å². The minimum atomic E-state index is -2.54. The molecule has 1 atom stereocenters. The van der Waals surface area contributed by atoms with Crippen LogP contribution in [0.3, 0.4) is 0 Å². The van der Waals surface area contributed by atoms with Gasteiger partial charge in [-0.3, -0.25) is 0 Å². The van der Waals surface area contributed by atoms with E-state index in [0.717, 1.165) is 0 Å². The van der Waals surface area contributed by atoms with Gasteiger partial charge < -0.3 is 10.1 Å². The predicted octanol–water partition coefficient (Wildman–Crippen LogP) is 1.78. The van der Waals surface area contributed by atoms with Gasteiger partial charge in [0.2, 0.25) is 5.92 Å². The molecule has 0 aromatic carbocycles. The fraction of sp³-hybridized carbons (Fsp3) is 0.875. The zero-order valence-electron chi connectivity index (χ0n) is 7.48. The molecule has 3 nitrogen and oxygen atoms in total. The number of alkyl halides is 2. The summed E-state index contributed by atoms with van der Waals surface area (Å²) in [5.41, 5.74) is 0. The average molecular weight is 193 g/mol. The molecule has 1 fully saturated rings. The molecule has 0 radical (unpaired) electrons. The maximum Gasteiger partial charge on any atom is 0.406 e. The van der Waals surface area contributed by atoms with Crippen LogP contribution in [0.15, 0.2) is 0 Å². The van der Waals surface area contributed by atoms with Crippen LogP contribution in [0.2, 0.25) is 0 Å². The highest BCUT2D eigenvalue weighted by molar-refractivity contribution is 5.66. The second-order valence-corrected chi connectivity index (χ2v) is 3.34. The molecule has 0 saturated heterocycles. The Balaban J connectivity index is 2.21. The molecule has 5 heteroatoms. The van der Waals surface area contributed by atoms with Crippen molar-refractivity contribution < 1.29 is 18.3 Å². The maximum absolute atomic E-state index is 12.7. The predicted molar refractivity (Wildman–Crippen MR) is 42.7 cm³/mol. The largest absolute Gasteiger partial charge is 0.453 e. The number of amides is 1. The molecule has 1 saturated carbocycles. The van der Waals surface area contributed by atoms with Crippen LogP contribution in [0, 0.1) is 5.92 Å². The van der Waals surface area contributed by atoms with Gasteiger partial charge in [0, 0.05) is 19.4 Å². The molecule has 1 amide bonds. The van der Waals surface area contributed by atoms with Gasteiger partial charge in [-0.2, -0.15) is 0 Å². The van der Waals surface area contributed by atoms with Gasteiger partial charge in [0.25, 0.3) is 0 Å². The summed E-state index contributed by atoms with van der Waals surface area (Å²) in [6.07, 6.45) is -0.288. The first-order valence-electron chi connectivity index (χ1n) is 4.23. The van der Waals surface area contributed by atoms with Crippen molar-refractivity contribution in [2.45, 2.75) is 25.2 Å². The van der Waals surface area contributed by atoms with E-state index in [0.29, 0.717) is 6.42 Å². The molecule has 1 N–H and O–H groups in total. The van der Waals surface area contributed by atoms with E-state index in [1.807, 2.05) is 0 Å². The van der Waals surface area contributed by atoms with Crippen molar-refractivity contribution in [2.75, 3.05) is 13.7 Å². The first-order chi connectivity index (χ1) is 6.03. The Morgan fingerprint density at radius 3 is 2.85 bits per heavy atom. The molecule has 0 heterocycles. The van der Waals surface area contributed by atoms with Gasteiger partial charge in [0.1, 0.15) is 0 Å². The smallest absolute Gasteiger partial charge is 0.406 e. The highest BCUT2D eigenvalue weighted by atomic mass is 19.3. The molecule has 0 aliphatic heterocycles. The van der Waals surface area contributed by atoms with Gasteiger partial charge in [-0.15, -0.1) is 0 Å². The molecule has 76 valence electrons. The van der Waals surface area contributed by atoms with E-state index in [1.165, 1.54) is 7.11 Å². The number of rotatable bonds is 2. The van der Waals surface area contributed by atoms with Crippen molar-refractivity contribution in [3.63, 3.8) is 0 Å². The van der Waals surface area contributed by atoms with E-state index in [-0.39, 0.29) is 25.3 Å². The number of alkyl carbamates (subject to hydrolysis) is 1. The van der Waals surface area contributed by atoms with Crippen molar-refractivity contribution >= 4 is 6.09 Å². The summed E-state index contributed by atoms with van der Waals surface area (Å²) in [7, 11) is 1.25. The third-order valence-corrected chi connectivity index (χ3v) is 2.23. The Labute approximate surface area is 75.4 Å². The molecule has 0 spiro atoms. The Bertz CT molecular complexity index is 197. The zero-order chi connectivity index (χ0) is 9.90. The van der Waals surface area contributed by atoms with Gasteiger partial charge in [0.05, 0.1) is 7.11 Å². The lowest BCUT2D eigenvalue weighted by Gasteiger charge is -2.10. The third-order valence-electron chi connectivity index (χ3n) is 2.23. The number of halogens is 2. The topological polar surface area (TPSA) is 38.3 Å². The van der Waals surface area contributed by atoms with E-state index in [2.05, 4.69) is 10.1 Å². The monoisotopic (exact) mass is 193 g/mol. The number of nitrogens with one attached hydrogen (secondary N) is 1. The van der Waals surface area contributed by atoms with E-state index in [9.17, 15) is 13.6 Å². The number of carbonyl (C=O) groups excluding carboxylic acids is 1. The third kappa shape index (κ3) is 3.16. The fourth-order valence-corrected chi connectivity index (χ4v) is 1.52. The van der Waals surface area contributed by atoms with E-state index >= 15 is 0 Å². The Hall–Kier alpha value is -0.870. The molecule has 0 bridgehead atoms. The number of methoxy groups -OCH3 is 1. The van der Waals surface area contributed by atoms with E-state index < -0.39 is 12.0 Å². The standard InChI is InChI=1S/C8H13F2NO2/c1-13-7(12)11-5-6-2-3-8(9,10)4-6/h6H,2-5H2,1H3,(H,11,12). The summed E-state index contributed by atoms with van der Waals surface area (Å²) in [5, 5.41) is 2.42. The molecular weight excluding hydrogens is 180 g/mol. The highest BCUT2D eigenvalue weighted by Crippen LogP contribution is 2.38. The van der Waals surface area contributed by atoms with Gasteiger partial charge in [-0.05, 0) is 12.3 Å². The molecule has 1 aliphatic carbocycles. The average Bonchev–Trinajstić information content (AvgIpc) is 2.41. The molecule has 0 aromatic rings. The second kappa shape index (κ2) is 3.89. The van der Waals surface area contributed by atoms with Crippen LogP contribution >= 0.6 is 0 Å². The lowest BCUT2D eigenvalue weighted by molar-refractivity contribution is 0.00505. The minimum Gasteiger partial charge on any atom is -0.453 e. The number of ether oxygens (including phenoxy) is 1. The lowest BCUT2D eigenvalue weighted by Crippen LogP contribution is -2.28. The quantitative estimate of drug-likeness (QED) is 0.725. The van der Waals surface area contributed by atoms with Gasteiger partial charge in [-0.1, -0.05) is 0 Å². The van der Waals surface area contributed by atoms with Crippen molar-refractivity contribution in [2.24, 2.45) is 5.92 Å². The van der Waals surface area contributed by atoms with Crippen LogP contribution in [-0.4, -0.2) is 25.7 Å². The Morgan fingerprint density at radius 1 is 1.69 bits per heavy atom. The van der Waals surface area contributed by atoms with Crippen LogP contribution < -0.4 is 5.32 Å². The van der Waals surface area contributed by atoms with Crippen molar-refractivity contribution in [1.29, 1.82) is 0 Å². The van der Waals surface area contributed by atoms with Crippen LogP contribution in [0.25, 0.3) is 0 Å². The molecule has 1 rings (SSSR count). The molecule has 1 aliphatic rings.